The number of hydrogen-bond acceptors (Lipinski definition) is 4. The van der Waals surface area contributed by atoms with Gasteiger partial charge in [-0.15, -0.1) is 0 Å². The molecule has 1 heterocycles. The molecule has 1 aliphatic heterocycles. The van der Waals surface area contributed by atoms with E-state index in [1.165, 1.54) is 5.57 Å². The van der Waals surface area contributed by atoms with Crippen molar-refractivity contribution < 1.29 is 14.3 Å². The molecule has 5 aliphatic carbocycles. The second-order valence-corrected chi connectivity index (χ2v) is 15.7. The number of nitrogens with zero attached hydrogens (tertiary/aromatic N) is 1. The van der Waals surface area contributed by atoms with Crippen LogP contribution in [-0.4, -0.2) is 30.9 Å². The number of carbonyl (C=O) groups excluding carboxylic acids is 2. The number of epoxide rings is 1. The maximum atomic E-state index is 13.7. The molecular formula is C33H46N2O3. The van der Waals surface area contributed by atoms with E-state index < -0.39 is 5.41 Å². The van der Waals surface area contributed by atoms with Crippen LogP contribution >= 0.6 is 0 Å². The third kappa shape index (κ3) is 3.02. The van der Waals surface area contributed by atoms with Gasteiger partial charge in [0.15, 0.2) is 5.78 Å². The lowest BCUT2D eigenvalue weighted by atomic mass is 9.36. The number of rotatable bonds is 1. The summed E-state index contributed by atoms with van der Waals surface area (Å²) in [4.78, 5) is 27.0. The number of hydrogen-bond donors (Lipinski definition) is 1. The third-order valence-corrected chi connectivity index (χ3v) is 13.3. The van der Waals surface area contributed by atoms with Gasteiger partial charge < -0.3 is 10.1 Å². The molecule has 5 heteroatoms. The smallest absolute Gasteiger partial charge is 0.226 e. The first kappa shape index (κ1) is 26.3. The lowest BCUT2D eigenvalue weighted by molar-refractivity contribution is -0.174. The summed E-state index contributed by atoms with van der Waals surface area (Å²) in [6, 6.07) is 2.26. The molecule has 6 rings (SSSR count). The standard InChI is InChI=1S/C33H46N2O3/c1-28(2)11-13-33(27(37)35-8)14-12-32(7)24(20(33)17-28)25-21(38-25)15-23-30(5)16-19(18-34)26(36)29(3,4)22(30)9-10-31(23,32)6/h15-16,20-22,24-25H,9-14,17H2,1-8H3,(H,35,37)/t20-,21?,22?,24+,25?,30+,31-,32-,33+/m1/s1. The largest absolute Gasteiger partial charge is 0.365 e. The lowest BCUT2D eigenvalue weighted by Crippen LogP contribution is -2.64. The Kier molecular flexibility index (Phi) is 5.28. The first-order valence-corrected chi connectivity index (χ1v) is 14.9. The van der Waals surface area contributed by atoms with Crippen molar-refractivity contribution in [3.05, 3.63) is 23.3 Å². The third-order valence-electron chi connectivity index (χ3n) is 13.3. The molecule has 6 aliphatic rings. The molecule has 3 saturated carbocycles. The van der Waals surface area contributed by atoms with Crippen LogP contribution < -0.4 is 5.32 Å². The summed E-state index contributed by atoms with van der Waals surface area (Å²) in [5.74, 6) is 0.949. The summed E-state index contributed by atoms with van der Waals surface area (Å²) in [6.07, 6.45) is 11.6. The predicted molar refractivity (Wildman–Crippen MR) is 147 cm³/mol. The fourth-order valence-electron chi connectivity index (χ4n) is 11.0. The highest BCUT2D eigenvalue weighted by Crippen LogP contribution is 2.75. The minimum Gasteiger partial charge on any atom is -0.365 e. The zero-order chi connectivity index (χ0) is 27.7. The highest BCUT2D eigenvalue weighted by atomic mass is 16.6. The number of fused-ring (bicyclic) bond motifs is 9. The van der Waals surface area contributed by atoms with Crippen molar-refractivity contribution in [3.63, 3.8) is 0 Å². The van der Waals surface area contributed by atoms with Gasteiger partial charge in [-0.3, -0.25) is 9.59 Å². The monoisotopic (exact) mass is 518 g/mol. The van der Waals surface area contributed by atoms with Crippen molar-refractivity contribution in [2.24, 2.45) is 50.2 Å². The van der Waals surface area contributed by atoms with Crippen molar-refractivity contribution in [1.29, 1.82) is 5.26 Å². The van der Waals surface area contributed by atoms with Crippen LogP contribution in [0.2, 0.25) is 0 Å². The van der Waals surface area contributed by atoms with E-state index in [2.05, 4.69) is 52.1 Å². The van der Waals surface area contributed by atoms with E-state index in [1.807, 2.05) is 19.9 Å². The van der Waals surface area contributed by atoms with E-state index in [4.69, 9.17) is 4.74 Å². The number of allylic oxidation sites excluding steroid dienone is 3. The molecule has 0 aromatic rings. The van der Waals surface area contributed by atoms with E-state index in [0.29, 0.717) is 11.5 Å². The summed E-state index contributed by atoms with van der Waals surface area (Å²) < 4.78 is 6.55. The molecule has 0 bridgehead atoms. The molecule has 9 atom stereocenters. The average Bonchev–Trinajstić information content (AvgIpc) is 3.61. The van der Waals surface area contributed by atoms with Crippen LogP contribution in [0.4, 0.5) is 0 Å². The maximum absolute atomic E-state index is 13.7. The van der Waals surface area contributed by atoms with Crippen molar-refractivity contribution in [1.82, 2.24) is 5.32 Å². The topological polar surface area (TPSA) is 82.5 Å². The normalized spacial score (nSPS) is 49.8. The first-order chi connectivity index (χ1) is 17.6. The Bertz CT molecular complexity index is 1220. The molecule has 1 saturated heterocycles. The first-order valence-electron chi connectivity index (χ1n) is 14.9. The van der Waals surface area contributed by atoms with Crippen molar-refractivity contribution in [3.8, 4) is 6.07 Å². The van der Waals surface area contributed by atoms with Gasteiger partial charge >= 0.3 is 0 Å². The maximum Gasteiger partial charge on any atom is 0.226 e. The van der Waals surface area contributed by atoms with Gasteiger partial charge in [0.05, 0.1) is 17.1 Å². The Labute approximate surface area is 228 Å². The zero-order valence-electron chi connectivity index (χ0n) is 24.7. The van der Waals surface area contributed by atoms with Gasteiger partial charge in [-0.2, -0.15) is 5.26 Å². The van der Waals surface area contributed by atoms with Gasteiger partial charge in [0.25, 0.3) is 0 Å². The molecule has 0 aromatic heterocycles. The second-order valence-electron chi connectivity index (χ2n) is 15.7. The number of carbonyl (C=O) groups is 2. The number of ketones is 1. The molecule has 4 fully saturated rings. The fourth-order valence-corrected chi connectivity index (χ4v) is 11.0. The Balaban J connectivity index is 1.52. The molecule has 38 heavy (non-hydrogen) atoms. The lowest BCUT2D eigenvalue weighted by Gasteiger charge is -2.67. The Morgan fingerprint density at radius 1 is 1.05 bits per heavy atom. The summed E-state index contributed by atoms with van der Waals surface area (Å²) in [5, 5.41) is 13.0. The van der Waals surface area contributed by atoms with Gasteiger partial charge in [-0.05, 0) is 78.9 Å². The fraction of sp³-hybridized carbons (Fsp3) is 0.788. The van der Waals surface area contributed by atoms with Crippen molar-refractivity contribution in [2.45, 2.75) is 106 Å². The van der Waals surface area contributed by atoms with Crippen LogP contribution in [-0.2, 0) is 14.3 Å². The molecule has 1 N–H and O–H groups in total. The van der Waals surface area contributed by atoms with Gasteiger partial charge in [0.1, 0.15) is 12.2 Å². The zero-order valence-corrected chi connectivity index (χ0v) is 24.7. The molecular weight excluding hydrogens is 472 g/mol. The molecule has 0 spiro atoms. The summed E-state index contributed by atoms with van der Waals surface area (Å²) in [6.45, 7) is 16.1. The van der Waals surface area contributed by atoms with Crippen LogP contribution in [0.25, 0.3) is 0 Å². The summed E-state index contributed by atoms with van der Waals surface area (Å²) in [5.41, 5.74) is 0.501. The quantitative estimate of drug-likeness (QED) is 0.333. The minimum atomic E-state index is -0.582. The molecule has 206 valence electrons. The van der Waals surface area contributed by atoms with Gasteiger partial charge in [0, 0.05) is 17.9 Å². The Morgan fingerprint density at radius 3 is 2.39 bits per heavy atom. The van der Waals surface area contributed by atoms with Crippen molar-refractivity contribution in [2.75, 3.05) is 7.05 Å². The molecule has 5 nitrogen and oxygen atoms in total. The minimum absolute atomic E-state index is 0.0117. The van der Waals surface area contributed by atoms with E-state index in [9.17, 15) is 14.9 Å². The highest BCUT2D eigenvalue weighted by Gasteiger charge is 2.73. The highest BCUT2D eigenvalue weighted by molar-refractivity contribution is 6.04. The van der Waals surface area contributed by atoms with Crippen LogP contribution in [0.5, 0.6) is 0 Å². The summed E-state index contributed by atoms with van der Waals surface area (Å²) >= 11 is 0. The van der Waals surface area contributed by atoms with Crippen LogP contribution in [0, 0.1) is 61.6 Å². The Hall–Kier alpha value is -1.93. The predicted octanol–water partition coefficient (Wildman–Crippen LogP) is 6.15. The Morgan fingerprint density at radius 2 is 1.74 bits per heavy atom. The number of nitrogens with one attached hydrogen (secondary N) is 1. The number of ether oxygens (including phenoxy) is 1. The van der Waals surface area contributed by atoms with Gasteiger partial charge in [-0.25, -0.2) is 0 Å². The molecule has 0 radical (unpaired) electrons. The van der Waals surface area contributed by atoms with E-state index in [1.54, 1.807) is 7.05 Å². The van der Waals surface area contributed by atoms with Gasteiger partial charge in [0.2, 0.25) is 5.91 Å². The van der Waals surface area contributed by atoms with Gasteiger partial charge in [-0.1, -0.05) is 66.2 Å². The number of amides is 1. The molecule has 3 unspecified atom stereocenters. The van der Waals surface area contributed by atoms with Crippen LogP contribution in [0.3, 0.4) is 0 Å². The van der Waals surface area contributed by atoms with E-state index in [-0.39, 0.29) is 62.8 Å². The number of Topliss-reactive ketones (excluding diaryl/α,β-unsaturated/α-hetero) is 1. The van der Waals surface area contributed by atoms with Crippen molar-refractivity contribution >= 4 is 11.7 Å². The van der Waals surface area contributed by atoms with E-state index in [0.717, 1.165) is 44.9 Å². The van der Waals surface area contributed by atoms with Crippen LogP contribution in [0.15, 0.2) is 23.3 Å². The second kappa shape index (κ2) is 7.62. The summed E-state index contributed by atoms with van der Waals surface area (Å²) in [7, 11) is 1.81. The van der Waals surface area contributed by atoms with Crippen LogP contribution in [0.1, 0.15) is 93.4 Å². The SMILES string of the molecule is CNC(=O)[C@]12CCC(C)(C)C[C@@H]1[C@H]1C3OC3C=C3[C@@]4(C)C=C(C#N)C(=O)C(C)(C)C4CC[C@@]3(C)[C@]1(C)CC2. The molecule has 1 amide bonds. The molecule has 0 aromatic carbocycles. The average molecular weight is 519 g/mol. The van der Waals surface area contributed by atoms with E-state index >= 15 is 0 Å². The number of nitriles is 1.